The third-order valence-electron chi connectivity index (χ3n) is 2.15. The first-order valence-corrected chi connectivity index (χ1v) is 7.96. The maximum Gasteiger partial charge on any atom is 0.244 e. The maximum absolute atomic E-state index is 12.1. The van der Waals surface area contributed by atoms with Crippen LogP contribution in [-0.2, 0) is 16.6 Å². The Morgan fingerprint density at radius 1 is 1.59 bits per heavy atom. The van der Waals surface area contributed by atoms with Gasteiger partial charge < -0.3 is 5.11 Å². The molecule has 1 aromatic rings. The molecule has 0 aliphatic rings. The van der Waals surface area contributed by atoms with E-state index in [1.807, 2.05) is 6.26 Å². The van der Waals surface area contributed by atoms with E-state index in [-0.39, 0.29) is 16.6 Å². The zero-order valence-corrected chi connectivity index (χ0v) is 11.7. The molecule has 0 spiro atoms. The molecule has 6 nitrogen and oxygen atoms in total. The Morgan fingerprint density at radius 2 is 2.24 bits per heavy atom. The average molecular weight is 279 g/mol. The highest BCUT2D eigenvalue weighted by Gasteiger charge is 2.25. The van der Waals surface area contributed by atoms with E-state index < -0.39 is 16.6 Å². The van der Waals surface area contributed by atoms with Crippen LogP contribution < -0.4 is 4.72 Å². The fourth-order valence-corrected chi connectivity index (χ4v) is 3.83. The lowest BCUT2D eigenvalue weighted by molar-refractivity contribution is 0.273. The van der Waals surface area contributed by atoms with Gasteiger partial charge >= 0.3 is 0 Å². The van der Waals surface area contributed by atoms with Crippen LogP contribution in [0.5, 0.6) is 0 Å². The molecule has 0 fully saturated rings. The molecule has 1 rings (SSSR count). The Hall–Kier alpha value is -0.570. The number of aromatic nitrogens is 2. The Balaban J connectivity index is 3.00. The highest BCUT2D eigenvalue weighted by atomic mass is 32.2. The van der Waals surface area contributed by atoms with Crippen LogP contribution in [0.1, 0.15) is 18.3 Å². The Labute approximate surface area is 105 Å². The van der Waals surface area contributed by atoms with E-state index >= 15 is 0 Å². The van der Waals surface area contributed by atoms with Crippen molar-refractivity contribution in [2.75, 3.05) is 12.0 Å². The van der Waals surface area contributed by atoms with E-state index in [1.54, 1.807) is 25.6 Å². The quantitative estimate of drug-likeness (QED) is 0.693. The van der Waals surface area contributed by atoms with Crippen LogP contribution in [-0.4, -0.2) is 41.8 Å². The summed E-state index contributed by atoms with van der Waals surface area (Å²) in [5, 5.41) is 15.4. The summed E-state index contributed by atoms with van der Waals surface area (Å²) in [7, 11) is -3.63. The molecule has 1 aromatic heterocycles. The van der Waals surface area contributed by atoms with Crippen molar-refractivity contribution in [3.8, 4) is 0 Å². The van der Waals surface area contributed by atoms with Gasteiger partial charge in [-0.25, -0.2) is 13.1 Å². The molecule has 3 N–H and O–H groups in total. The molecule has 1 unspecified atom stereocenters. The predicted octanol–water partition coefficient (Wildman–Crippen LogP) is 0.240. The number of nitrogens with zero attached hydrogens (tertiary/aromatic N) is 1. The Morgan fingerprint density at radius 3 is 2.76 bits per heavy atom. The summed E-state index contributed by atoms with van der Waals surface area (Å²) < 4.78 is 26.7. The second-order valence-corrected chi connectivity index (χ2v) is 6.32. The summed E-state index contributed by atoms with van der Waals surface area (Å²) in [6.45, 7) is 3.00. The van der Waals surface area contributed by atoms with Crippen molar-refractivity contribution in [1.29, 1.82) is 0 Å². The molecule has 1 atom stereocenters. The van der Waals surface area contributed by atoms with Crippen LogP contribution in [0.15, 0.2) is 4.90 Å². The first kappa shape index (κ1) is 14.5. The van der Waals surface area contributed by atoms with Gasteiger partial charge in [0.15, 0.2) is 0 Å². The fourth-order valence-electron chi connectivity index (χ4n) is 1.54. The summed E-state index contributed by atoms with van der Waals surface area (Å²) in [6.07, 6.45) is 1.91. The fraction of sp³-hybridized carbons (Fsp3) is 0.667. The highest BCUT2D eigenvalue weighted by molar-refractivity contribution is 7.98. The van der Waals surface area contributed by atoms with Crippen LogP contribution >= 0.6 is 11.8 Å². The number of rotatable bonds is 6. The van der Waals surface area contributed by atoms with Crippen molar-refractivity contribution in [1.82, 2.24) is 14.9 Å². The van der Waals surface area contributed by atoms with Gasteiger partial charge in [0, 0.05) is 11.8 Å². The molecule has 0 saturated heterocycles. The van der Waals surface area contributed by atoms with Crippen molar-refractivity contribution in [3.05, 3.63) is 11.4 Å². The third kappa shape index (κ3) is 3.44. The average Bonchev–Trinajstić information content (AvgIpc) is 2.59. The normalized spacial score (nSPS) is 13.9. The number of aliphatic hydroxyl groups is 1. The van der Waals surface area contributed by atoms with Gasteiger partial charge in [-0.3, -0.25) is 5.10 Å². The summed E-state index contributed by atoms with van der Waals surface area (Å²) in [5.74, 6) is 0.685. The monoisotopic (exact) mass is 279 g/mol. The van der Waals surface area contributed by atoms with Crippen LogP contribution in [0.3, 0.4) is 0 Å². The summed E-state index contributed by atoms with van der Waals surface area (Å²) in [4.78, 5) is 0.0490. The van der Waals surface area contributed by atoms with Gasteiger partial charge in [0.1, 0.15) is 10.6 Å². The summed E-state index contributed by atoms with van der Waals surface area (Å²) in [5.41, 5.74) is 0.573. The lowest BCUT2D eigenvalue weighted by atomic mass is 10.4. The lowest BCUT2D eigenvalue weighted by Gasteiger charge is -2.13. The molecule has 8 heteroatoms. The number of hydrogen-bond donors (Lipinski definition) is 3. The Kier molecular flexibility index (Phi) is 4.99. The van der Waals surface area contributed by atoms with Gasteiger partial charge in [0.2, 0.25) is 10.0 Å². The van der Waals surface area contributed by atoms with E-state index in [2.05, 4.69) is 14.9 Å². The topological polar surface area (TPSA) is 95.1 Å². The number of H-pyrrole nitrogens is 1. The van der Waals surface area contributed by atoms with Crippen LogP contribution in [0.4, 0.5) is 0 Å². The molecular weight excluding hydrogens is 262 g/mol. The first-order chi connectivity index (χ1) is 7.92. The number of hydrogen-bond acceptors (Lipinski definition) is 5. The zero-order valence-electron chi connectivity index (χ0n) is 10.0. The largest absolute Gasteiger partial charge is 0.390 e. The second kappa shape index (κ2) is 5.85. The van der Waals surface area contributed by atoms with Crippen molar-refractivity contribution < 1.29 is 13.5 Å². The zero-order chi connectivity index (χ0) is 13.1. The minimum Gasteiger partial charge on any atom is -0.390 e. The first-order valence-electron chi connectivity index (χ1n) is 5.08. The molecule has 0 aliphatic heterocycles. The van der Waals surface area contributed by atoms with Crippen LogP contribution in [0, 0.1) is 6.92 Å². The number of aryl methyl sites for hydroxylation is 1. The molecule has 1 heterocycles. The van der Waals surface area contributed by atoms with E-state index in [4.69, 9.17) is 5.11 Å². The molecule has 0 aromatic carbocycles. The minimum atomic E-state index is -3.63. The van der Waals surface area contributed by atoms with Crippen molar-refractivity contribution in [2.24, 2.45) is 0 Å². The smallest absolute Gasteiger partial charge is 0.244 e. The van der Waals surface area contributed by atoms with Crippen molar-refractivity contribution >= 4 is 21.8 Å². The van der Waals surface area contributed by atoms with Gasteiger partial charge in [0.05, 0.1) is 12.3 Å². The second-order valence-electron chi connectivity index (χ2n) is 3.76. The standard InChI is InChI=1S/C9H17N3O3S2/c1-6(5-16-3)12-17(14,15)9-7(2)10-11-8(9)4-13/h6,12-13H,4-5H2,1-3H3,(H,10,11). The van der Waals surface area contributed by atoms with Gasteiger partial charge in [-0.1, -0.05) is 0 Å². The lowest BCUT2D eigenvalue weighted by Crippen LogP contribution is -2.34. The SMILES string of the molecule is CSCC(C)NS(=O)(=O)c1c(CO)n[nH]c1C. The van der Waals surface area contributed by atoms with E-state index in [0.29, 0.717) is 11.4 Å². The van der Waals surface area contributed by atoms with Crippen LogP contribution in [0.25, 0.3) is 0 Å². The molecule has 17 heavy (non-hydrogen) atoms. The predicted molar refractivity (Wildman–Crippen MR) is 67.4 cm³/mol. The highest BCUT2D eigenvalue weighted by Crippen LogP contribution is 2.18. The molecule has 0 aliphatic carbocycles. The number of aromatic amines is 1. The third-order valence-corrected chi connectivity index (χ3v) is 4.78. The number of thioether (sulfide) groups is 1. The maximum atomic E-state index is 12.1. The van der Waals surface area contributed by atoms with Gasteiger partial charge in [-0.15, -0.1) is 0 Å². The molecule has 0 bridgehead atoms. The van der Waals surface area contributed by atoms with Gasteiger partial charge in [0.25, 0.3) is 0 Å². The molecule has 0 amide bonds. The van der Waals surface area contributed by atoms with Gasteiger partial charge in [-0.05, 0) is 20.1 Å². The number of aliphatic hydroxyl groups excluding tert-OH is 1. The van der Waals surface area contributed by atoms with E-state index in [0.717, 1.165) is 0 Å². The summed E-state index contributed by atoms with van der Waals surface area (Å²) >= 11 is 1.56. The van der Waals surface area contributed by atoms with Crippen molar-refractivity contribution in [2.45, 2.75) is 31.4 Å². The molecule has 0 saturated carbocycles. The van der Waals surface area contributed by atoms with E-state index in [1.165, 1.54) is 0 Å². The minimum absolute atomic E-state index is 0.0490. The Bertz CT molecular complexity index is 470. The van der Waals surface area contributed by atoms with Gasteiger partial charge in [-0.2, -0.15) is 16.9 Å². The molecule has 0 radical (unpaired) electrons. The summed E-state index contributed by atoms with van der Waals surface area (Å²) in [6, 6.07) is -0.171. The van der Waals surface area contributed by atoms with Crippen LogP contribution in [0.2, 0.25) is 0 Å². The van der Waals surface area contributed by atoms with E-state index in [9.17, 15) is 8.42 Å². The molecule has 98 valence electrons. The number of nitrogens with one attached hydrogen (secondary N) is 2. The number of sulfonamides is 1. The molecular formula is C9H17N3O3S2. The van der Waals surface area contributed by atoms with Crippen molar-refractivity contribution in [3.63, 3.8) is 0 Å².